The van der Waals surface area contributed by atoms with Crippen molar-refractivity contribution in [3.63, 3.8) is 0 Å². The number of benzene rings is 1. The van der Waals surface area contributed by atoms with Crippen molar-refractivity contribution in [1.82, 2.24) is 9.21 Å². The second-order valence-electron chi connectivity index (χ2n) is 9.46. The average molecular weight is 433 g/mol. The Morgan fingerprint density at radius 1 is 0.967 bits per heavy atom. The van der Waals surface area contributed by atoms with Gasteiger partial charge in [0.2, 0.25) is 15.9 Å². The highest BCUT2D eigenvalue weighted by atomic mass is 32.2. The number of carbonyl (C=O) groups excluding carboxylic acids is 1. The number of hydrogen-bond donors (Lipinski definition) is 0. The average Bonchev–Trinajstić information content (AvgIpc) is 2.91. The van der Waals surface area contributed by atoms with Crippen molar-refractivity contribution in [2.24, 2.45) is 5.92 Å². The second kappa shape index (κ2) is 9.39. The van der Waals surface area contributed by atoms with E-state index in [2.05, 4.69) is 11.8 Å². The first kappa shape index (κ1) is 21.8. The molecule has 2 saturated heterocycles. The summed E-state index contributed by atoms with van der Waals surface area (Å²) < 4.78 is 27.5. The molecule has 1 aliphatic carbocycles. The first-order chi connectivity index (χ1) is 14.5. The van der Waals surface area contributed by atoms with Crippen LogP contribution in [0.1, 0.15) is 76.7 Å². The largest absolute Gasteiger partial charge is 0.337 e. The van der Waals surface area contributed by atoms with E-state index in [1.54, 1.807) is 16.4 Å². The van der Waals surface area contributed by atoms with Gasteiger partial charge in [-0.3, -0.25) is 4.79 Å². The van der Waals surface area contributed by atoms with Crippen LogP contribution in [0.5, 0.6) is 0 Å². The summed E-state index contributed by atoms with van der Waals surface area (Å²) in [5.41, 5.74) is 1.03. The van der Waals surface area contributed by atoms with Gasteiger partial charge in [-0.15, -0.1) is 0 Å². The minimum atomic E-state index is -3.41. The molecule has 3 atom stereocenters. The van der Waals surface area contributed by atoms with Crippen molar-refractivity contribution in [2.75, 3.05) is 13.1 Å². The smallest absolute Gasteiger partial charge is 0.243 e. The number of aryl methyl sites for hydroxylation is 1. The highest BCUT2D eigenvalue weighted by Crippen LogP contribution is 2.39. The summed E-state index contributed by atoms with van der Waals surface area (Å²) in [6.45, 7) is 3.43. The number of sulfonamides is 1. The Bertz CT molecular complexity index is 829. The van der Waals surface area contributed by atoms with Gasteiger partial charge in [0.15, 0.2) is 0 Å². The highest BCUT2D eigenvalue weighted by Gasteiger charge is 2.42. The fraction of sp³-hybridized carbons (Fsp3) is 0.708. The molecule has 2 aliphatic heterocycles. The van der Waals surface area contributed by atoms with E-state index in [1.165, 1.54) is 19.3 Å². The van der Waals surface area contributed by atoms with Crippen molar-refractivity contribution >= 4 is 15.9 Å². The summed E-state index contributed by atoms with van der Waals surface area (Å²) in [6.07, 6.45) is 11.4. The van der Waals surface area contributed by atoms with Crippen molar-refractivity contribution in [1.29, 1.82) is 0 Å². The highest BCUT2D eigenvalue weighted by molar-refractivity contribution is 7.89. The Morgan fingerprint density at radius 2 is 1.63 bits per heavy atom. The fourth-order valence-corrected chi connectivity index (χ4v) is 7.30. The van der Waals surface area contributed by atoms with Crippen LogP contribution in [0.15, 0.2) is 29.2 Å². The standard InChI is InChI=1S/C24H36N2O3S/c1-19-18-21-8-4-5-9-23(21)26(19)24(27)15-12-20-10-13-22(14-11-20)30(28,29)25-16-6-2-3-7-17-25/h10-11,13-14,19,21,23H,2-9,12,15-18H2,1H3. The number of hydrogen-bond acceptors (Lipinski definition) is 3. The molecule has 1 aromatic carbocycles. The van der Waals surface area contributed by atoms with Gasteiger partial charge in [0, 0.05) is 31.6 Å². The molecule has 0 radical (unpaired) electrons. The van der Waals surface area contributed by atoms with Crippen molar-refractivity contribution in [2.45, 2.75) is 94.5 Å². The van der Waals surface area contributed by atoms with Gasteiger partial charge >= 0.3 is 0 Å². The zero-order valence-electron chi connectivity index (χ0n) is 18.3. The third-order valence-corrected chi connectivity index (χ3v) is 9.30. The van der Waals surface area contributed by atoms with Crippen LogP contribution in [-0.4, -0.2) is 48.7 Å². The van der Waals surface area contributed by atoms with E-state index in [4.69, 9.17) is 0 Å². The molecule has 2 heterocycles. The van der Waals surface area contributed by atoms with E-state index in [9.17, 15) is 13.2 Å². The van der Waals surface area contributed by atoms with Gasteiger partial charge in [-0.1, -0.05) is 37.8 Å². The van der Waals surface area contributed by atoms with Gasteiger partial charge in [-0.25, -0.2) is 8.42 Å². The SMILES string of the molecule is CC1CC2CCCCC2N1C(=O)CCc1ccc(S(=O)(=O)N2CCCCCC2)cc1. The molecule has 0 aromatic heterocycles. The van der Waals surface area contributed by atoms with Crippen molar-refractivity contribution < 1.29 is 13.2 Å². The lowest BCUT2D eigenvalue weighted by Gasteiger charge is -2.33. The number of likely N-dealkylation sites (tertiary alicyclic amines) is 1. The molecule has 166 valence electrons. The van der Waals surface area contributed by atoms with Crippen LogP contribution in [0.4, 0.5) is 0 Å². The monoisotopic (exact) mass is 432 g/mol. The van der Waals surface area contributed by atoms with Crippen LogP contribution >= 0.6 is 0 Å². The first-order valence-corrected chi connectivity index (χ1v) is 13.3. The fourth-order valence-electron chi connectivity index (χ4n) is 5.78. The third-order valence-electron chi connectivity index (χ3n) is 7.39. The summed E-state index contributed by atoms with van der Waals surface area (Å²) in [5.74, 6) is 0.958. The molecule has 0 N–H and O–H groups in total. The van der Waals surface area contributed by atoms with Crippen LogP contribution in [0.25, 0.3) is 0 Å². The van der Waals surface area contributed by atoms with Crippen LogP contribution in [-0.2, 0) is 21.2 Å². The minimum Gasteiger partial charge on any atom is -0.337 e. The number of nitrogens with zero attached hydrogens (tertiary/aromatic N) is 2. The molecule has 3 aliphatic rings. The maximum atomic E-state index is 13.0. The van der Waals surface area contributed by atoms with Gasteiger partial charge in [0.25, 0.3) is 0 Å². The molecule has 1 saturated carbocycles. The Morgan fingerprint density at radius 3 is 2.33 bits per heavy atom. The van der Waals surface area contributed by atoms with E-state index in [0.29, 0.717) is 48.8 Å². The van der Waals surface area contributed by atoms with E-state index in [-0.39, 0.29) is 5.91 Å². The predicted octanol–water partition coefficient (Wildman–Crippen LogP) is 4.36. The van der Waals surface area contributed by atoms with E-state index in [1.807, 2.05) is 12.1 Å². The number of fused-ring (bicyclic) bond motifs is 1. The molecule has 1 aromatic rings. The predicted molar refractivity (Wildman–Crippen MR) is 119 cm³/mol. The van der Waals surface area contributed by atoms with Gasteiger partial charge in [0.1, 0.15) is 0 Å². The molecule has 4 rings (SSSR count). The van der Waals surface area contributed by atoms with Crippen LogP contribution in [0, 0.1) is 5.92 Å². The van der Waals surface area contributed by atoms with Gasteiger partial charge in [-0.05, 0) is 69.1 Å². The lowest BCUT2D eigenvalue weighted by molar-refractivity contribution is -0.134. The molecule has 0 bridgehead atoms. The summed E-state index contributed by atoms with van der Waals surface area (Å²) >= 11 is 0. The van der Waals surface area contributed by atoms with Gasteiger partial charge in [0.05, 0.1) is 4.90 Å². The van der Waals surface area contributed by atoms with Crippen LogP contribution in [0.2, 0.25) is 0 Å². The van der Waals surface area contributed by atoms with Crippen molar-refractivity contribution in [3.05, 3.63) is 29.8 Å². The van der Waals surface area contributed by atoms with E-state index in [0.717, 1.165) is 44.1 Å². The van der Waals surface area contributed by atoms with E-state index >= 15 is 0 Å². The first-order valence-electron chi connectivity index (χ1n) is 11.9. The minimum absolute atomic E-state index is 0.262. The molecule has 3 fully saturated rings. The zero-order valence-corrected chi connectivity index (χ0v) is 19.1. The van der Waals surface area contributed by atoms with Gasteiger partial charge in [-0.2, -0.15) is 4.31 Å². The molecule has 3 unspecified atom stereocenters. The Kier molecular flexibility index (Phi) is 6.83. The summed E-state index contributed by atoms with van der Waals surface area (Å²) in [7, 11) is -3.41. The lowest BCUT2D eigenvalue weighted by Crippen LogP contribution is -2.42. The third kappa shape index (κ3) is 4.59. The van der Waals surface area contributed by atoms with Crippen LogP contribution in [0.3, 0.4) is 0 Å². The normalized spacial score (nSPS) is 28.2. The molecule has 30 heavy (non-hydrogen) atoms. The Balaban J connectivity index is 1.36. The molecule has 6 heteroatoms. The zero-order chi connectivity index (χ0) is 21.1. The van der Waals surface area contributed by atoms with Gasteiger partial charge < -0.3 is 4.90 Å². The number of amides is 1. The Hall–Kier alpha value is -1.40. The Labute approximate surface area is 181 Å². The summed E-state index contributed by atoms with van der Waals surface area (Å²) in [5, 5.41) is 0. The molecular formula is C24H36N2O3S. The molecule has 0 spiro atoms. The summed E-state index contributed by atoms with van der Waals surface area (Å²) in [4.78, 5) is 15.5. The lowest BCUT2D eigenvalue weighted by atomic mass is 9.85. The molecular weight excluding hydrogens is 396 g/mol. The maximum Gasteiger partial charge on any atom is 0.243 e. The quantitative estimate of drug-likeness (QED) is 0.694. The topological polar surface area (TPSA) is 57.7 Å². The van der Waals surface area contributed by atoms with Crippen LogP contribution < -0.4 is 0 Å². The molecule has 1 amide bonds. The maximum absolute atomic E-state index is 13.0. The van der Waals surface area contributed by atoms with Crippen molar-refractivity contribution in [3.8, 4) is 0 Å². The van der Waals surface area contributed by atoms with E-state index < -0.39 is 10.0 Å². The second-order valence-corrected chi connectivity index (χ2v) is 11.4. The summed E-state index contributed by atoms with van der Waals surface area (Å²) in [6, 6.07) is 8.00. The molecule has 5 nitrogen and oxygen atoms in total. The number of rotatable bonds is 5. The number of carbonyl (C=O) groups is 1.